The molecule has 18 heavy (non-hydrogen) atoms. The summed E-state index contributed by atoms with van der Waals surface area (Å²) in [5, 5.41) is 10.4. The molecule has 0 bridgehead atoms. The molecule has 0 aromatic heterocycles. The van der Waals surface area contributed by atoms with E-state index in [4.69, 9.17) is 11.6 Å². The summed E-state index contributed by atoms with van der Waals surface area (Å²) < 4.78 is 26.6. The van der Waals surface area contributed by atoms with Crippen molar-refractivity contribution in [1.29, 1.82) is 0 Å². The van der Waals surface area contributed by atoms with Crippen molar-refractivity contribution < 1.29 is 13.9 Å². The number of aliphatic hydroxyl groups is 1. The van der Waals surface area contributed by atoms with Crippen LogP contribution in [0.3, 0.4) is 0 Å². The lowest BCUT2D eigenvalue weighted by Gasteiger charge is -2.23. The maximum Gasteiger partial charge on any atom is 0.129 e. The van der Waals surface area contributed by atoms with Crippen molar-refractivity contribution in [3.63, 3.8) is 0 Å². The quantitative estimate of drug-likeness (QED) is 0.894. The van der Waals surface area contributed by atoms with Crippen molar-refractivity contribution in [2.75, 3.05) is 13.6 Å². The van der Waals surface area contributed by atoms with Crippen molar-refractivity contribution in [2.45, 2.75) is 6.10 Å². The third kappa shape index (κ3) is 2.54. The second kappa shape index (κ2) is 5.08. The SMILES string of the molecule is CN1C=C(Cl)C(C(O)c2cc(F)ccc2F)=CC1. The van der Waals surface area contributed by atoms with Gasteiger partial charge in [0.1, 0.15) is 17.7 Å². The molecular weight excluding hydrogens is 260 g/mol. The first kappa shape index (κ1) is 13.1. The summed E-state index contributed by atoms with van der Waals surface area (Å²) in [4.78, 5) is 1.82. The van der Waals surface area contributed by atoms with Gasteiger partial charge in [0, 0.05) is 30.9 Å². The van der Waals surface area contributed by atoms with Crippen LogP contribution in [0.1, 0.15) is 11.7 Å². The van der Waals surface area contributed by atoms with E-state index in [2.05, 4.69) is 0 Å². The summed E-state index contributed by atoms with van der Waals surface area (Å²) in [6.45, 7) is 0.555. The van der Waals surface area contributed by atoms with Crippen LogP contribution in [0.5, 0.6) is 0 Å². The Kier molecular flexibility index (Phi) is 3.68. The second-order valence-electron chi connectivity index (χ2n) is 4.14. The van der Waals surface area contributed by atoms with Gasteiger partial charge in [-0.05, 0) is 18.2 Å². The average molecular weight is 272 g/mol. The number of benzene rings is 1. The fourth-order valence-electron chi connectivity index (χ4n) is 1.79. The molecular formula is C13H12ClF2NO. The van der Waals surface area contributed by atoms with Crippen molar-refractivity contribution in [3.8, 4) is 0 Å². The first-order valence-corrected chi connectivity index (χ1v) is 5.78. The van der Waals surface area contributed by atoms with Crippen molar-refractivity contribution in [3.05, 3.63) is 58.3 Å². The van der Waals surface area contributed by atoms with E-state index in [1.807, 2.05) is 11.9 Å². The molecule has 96 valence electrons. The van der Waals surface area contributed by atoms with E-state index >= 15 is 0 Å². The van der Waals surface area contributed by atoms with Crippen molar-refractivity contribution in [1.82, 2.24) is 4.90 Å². The largest absolute Gasteiger partial charge is 0.384 e. The molecule has 1 heterocycles. The van der Waals surface area contributed by atoms with Gasteiger partial charge in [-0.2, -0.15) is 0 Å². The van der Waals surface area contributed by atoms with Gasteiger partial charge in [-0.25, -0.2) is 8.78 Å². The van der Waals surface area contributed by atoms with Crippen LogP contribution < -0.4 is 0 Å². The fraction of sp³-hybridized carbons (Fsp3) is 0.231. The minimum atomic E-state index is -1.27. The predicted molar refractivity (Wildman–Crippen MR) is 66.0 cm³/mol. The Morgan fingerprint density at radius 3 is 2.78 bits per heavy atom. The predicted octanol–water partition coefficient (Wildman–Crippen LogP) is 2.95. The maximum atomic E-state index is 13.6. The lowest BCUT2D eigenvalue weighted by molar-refractivity contribution is 0.211. The number of hydrogen-bond acceptors (Lipinski definition) is 2. The molecule has 1 atom stereocenters. The average Bonchev–Trinajstić information content (AvgIpc) is 2.31. The van der Waals surface area contributed by atoms with E-state index in [0.29, 0.717) is 17.2 Å². The highest BCUT2D eigenvalue weighted by Crippen LogP contribution is 2.33. The van der Waals surface area contributed by atoms with Crippen LogP contribution in [0.15, 0.2) is 41.1 Å². The summed E-state index contributed by atoms with van der Waals surface area (Å²) in [5.41, 5.74) is 0.275. The third-order valence-corrected chi connectivity index (χ3v) is 3.07. The van der Waals surface area contributed by atoms with Gasteiger partial charge < -0.3 is 10.0 Å². The lowest BCUT2D eigenvalue weighted by atomic mass is 9.99. The number of likely N-dealkylation sites (N-methyl/N-ethyl adjacent to an activating group) is 1. The minimum absolute atomic E-state index is 0.114. The van der Waals surface area contributed by atoms with Crippen LogP contribution >= 0.6 is 11.6 Å². The summed E-state index contributed by atoms with van der Waals surface area (Å²) in [7, 11) is 1.82. The van der Waals surface area contributed by atoms with Gasteiger partial charge in [0.05, 0.1) is 5.03 Å². The van der Waals surface area contributed by atoms with Gasteiger partial charge >= 0.3 is 0 Å². The molecule has 1 unspecified atom stereocenters. The van der Waals surface area contributed by atoms with E-state index in [-0.39, 0.29) is 5.56 Å². The molecule has 0 saturated heterocycles. The Hall–Kier alpha value is -1.39. The normalized spacial score (nSPS) is 17.3. The van der Waals surface area contributed by atoms with Crippen LogP contribution in [0.2, 0.25) is 0 Å². The molecule has 1 N–H and O–H groups in total. The molecule has 1 aliphatic rings. The molecule has 0 spiro atoms. The van der Waals surface area contributed by atoms with Gasteiger partial charge in [-0.15, -0.1) is 0 Å². The fourth-order valence-corrected chi connectivity index (χ4v) is 2.14. The zero-order valence-corrected chi connectivity index (χ0v) is 10.5. The van der Waals surface area contributed by atoms with E-state index in [9.17, 15) is 13.9 Å². The van der Waals surface area contributed by atoms with Gasteiger partial charge in [0.15, 0.2) is 0 Å². The van der Waals surface area contributed by atoms with E-state index in [1.54, 1.807) is 12.3 Å². The lowest BCUT2D eigenvalue weighted by Crippen LogP contribution is -2.18. The molecule has 0 saturated carbocycles. The standard InChI is InChI=1S/C13H12ClF2NO/c1-17-5-4-9(11(14)7-17)13(18)10-6-8(15)2-3-12(10)16/h2-4,6-7,13,18H,5H2,1H3. The first-order chi connectivity index (χ1) is 8.49. The molecule has 1 aromatic rings. The highest BCUT2D eigenvalue weighted by atomic mass is 35.5. The van der Waals surface area contributed by atoms with E-state index in [0.717, 1.165) is 18.2 Å². The van der Waals surface area contributed by atoms with Gasteiger partial charge in [-0.3, -0.25) is 0 Å². The molecule has 0 aliphatic carbocycles. The zero-order chi connectivity index (χ0) is 13.3. The monoisotopic (exact) mass is 271 g/mol. The molecule has 2 rings (SSSR count). The second-order valence-corrected chi connectivity index (χ2v) is 4.55. The number of hydrogen-bond donors (Lipinski definition) is 1. The number of rotatable bonds is 2. The van der Waals surface area contributed by atoms with Crippen LogP contribution in [0.25, 0.3) is 0 Å². The van der Waals surface area contributed by atoms with E-state index < -0.39 is 17.7 Å². The van der Waals surface area contributed by atoms with Crippen LogP contribution in [0.4, 0.5) is 8.78 Å². The summed E-state index contributed by atoms with van der Waals surface area (Å²) >= 11 is 5.99. The Labute approximate surface area is 109 Å². The summed E-state index contributed by atoms with van der Waals surface area (Å²) in [5.74, 6) is -1.26. The van der Waals surface area contributed by atoms with Gasteiger partial charge in [0.2, 0.25) is 0 Å². The topological polar surface area (TPSA) is 23.5 Å². The van der Waals surface area contributed by atoms with E-state index in [1.165, 1.54) is 0 Å². The Balaban J connectivity index is 2.35. The molecule has 2 nitrogen and oxygen atoms in total. The molecule has 0 fully saturated rings. The van der Waals surface area contributed by atoms with Crippen LogP contribution in [-0.2, 0) is 0 Å². The number of nitrogens with zero attached hydrogens (tertiary/aromatic N) is 1. The highest BCUT2D eigenvalue weighted by Gasteiger charge is 2.22. The Bertz CT molecular complexity index is 528. The van der Waals surface area contributed by atoms with Crippen molar-refractivity contribution in [2.24, 2.45) is 0 Å². The molecule has 0 radical (unpaired) electrons. The smallest absolute Gasteiger partial charge is 0.129 e. The summed E-state index contributed by atoms with van der Waals surface area (Å²) in [6.07, 6.45) is 2.06. The number of halogens is 3. The summed E-state index contributed by atoms with van der Waals surface area (Å²) in [6, 6.07) is 2.97. The first-order valence-electron chi connectivity index (χ1n) is 5.40. The zero-order valence-electron chi connectivity index (χ0n) is 9.70. The van der Waals surface area contributed by atoms with Gasteiger partial charge in [-0.1, -0.05) is 17.7 Å². The van der Waals surface area contributed by atoms with Crippen LogP contribution in [0, 0.1) is 11.6 Å². The van der Waals surface area contributed by atoms with Crippen molar-refractivity contribution >= 4 is 11.6 Å². The maximum absolute atomic E-state index is 13.6. The van der Waals surface area contributed by atoms with Crippen LogP contribution in [-0.4, -0.2) is 23.6 Å². The molecule has 5 heteroatoms. The third-order valence-electron chi connectivity index (χ3n) is 2.76. The number of aliphatic hydroxyl groups excluding tert-OH is 1. The molecule has 1 aromatic carbocycles. The Morgan fingerprint density at radius 2 is 2.11 bits per heavy atom. The Morgan fingerprint density at radius 1 is 1.39 bits per heavy atom. The molecule has 1 aliphatic heterocycles. The highest BCUT2D eigenvalue weighted by molar-refractivity contribution is 6.32. The minimum Gasteiger partial charge on any atom is -0.384 e. The van der Waals surface area contributed by atoms with Gasteiger partial charge in [0.25, 0.3) is 0 Å². The molecule has 0 amide bonds.